The molecule has 0 fully saturated rings. The van der Waals surface area contributed by atoms with Crippen LogP contribution in [0.3, 0.4) is 0 Å². The number of carboxylic acids is 1. The standard InChI is InChI=1S/C26H28FNO4/c1-26(2,3)23-12-18(5-8-21(23)22-13-19(31-4)7-9-24(22)27)16-32-20-11-17(14-28-15-20)6-10-25(29)30/h5,7-9,11-15H,6,10,16H2,1-4H3,(H,29,30). The van der Waals surface area contributed by atoms with Crippen molar-refractivity contribution in [2.75, 3.05) is 7.11 Å². The minimum atomic E-state index is -0.849. The summed E-state index contributed by atoms with van der Waals surface area (Å²) < 4.78 is 25.8. The van der Waals surface area contributed by atoms with E-state index >= 15 is 0 Å². The number of pyridine rings is 1. The van der Waals surface area contributed by atoms with Crippen LogP contribution < -0.4 is 9.47 Å². The monoisotopic (exact) mass is 437 g/mol. The number of rotatable bonds is 8. The molecule has 6 heteroatoms. The Hall–Kier alpha value is -3.41. The number of benzene rings is 2. The highest BCUT2D eigenvalue weighted by atomic mass is 19.1. The topological polar surface area (TPSA) is 68.7 Å². The molecule has 2 aromatic carbocycles. The predicted octanol–water partition coefficient (Wildman–Crippen LogP) is 5.79. The molecule has 0 saturated heterocycles. The number of carboxylic acid groups (broad SMARTS) is 1. The summed E-state index contributed by atoms with van der Waals surface area (Å²) in [7, 11) is 1.56. The first-order valence-electron chi connectivity index (χ1n) is 10.4. The highest BCUT2D eigenvalue weighted by Crippen LogP contribution is 2.36. The van der Waals surface area contributed by atoms with Crippen molar-refractivity contribution in [1.29, 1.82) is 0 Å². The molecule has 5 nitrogen and oxygen atoms in total. The third-order valence-corrected chi connectivity index (χ3v) is 5.16. The van der Waals surface area contributed by atoms with Crippen LogP contribution in [0.5, 0.6) is 11.5 Å². The number of aromatic nitrogens is 1. The Balaban J connectivity index is 1.86. The summed E-state index contributed by atoms with van der Waals surface area (Å²) in [5.74, 6) is 0.0280. The Bertz CT molecular complexity index is 1110. The summed E-state index contributed by atoms with van der Waals surface area (Å²) >= 11 is 0. The molecule has 1 heterocycles. The van der Waals surface area contributed by atoms with Gasteiger partial charge in [0.25, 0.3) is 0 Å². The second-order valence-electron chi connectivity index (χ2n) is 8.69. The minimum Gasteiger partial charge on any atom is -0.497 e. The van der Waals surface area contributed by atoms with Gasteiger partial charge in [0.05, 0.1) is 13.3 Å². The van der Waals surface area contributed by atoms with E-state index in [9.17, 15) is 9.18 Å². The van der Waals surface area contributed by atoms with E-state index in [1.165, 1.54) is 6.07 Å². The average molecular weight is 438 g/mol. The van der Waals surface area contributed by atoms with E-state index in [1.54, 1.807) is 37.7 Å². The number of aliphatic carboxylic acids is 1. The van der Waals surface area contributed by atoms with Gasteiger partial charge in [0, 0.05) is 18.2 Å². The normalized spacial score (nSPS) is 11.3. The molecule has 0 aliphatic heterocycles. The van der Waals surface area contributed by atoms with E-state index in [0.717, 1.165) is 22.3 Å². The van der Waals surface area contributed by atoms with Gasteiger partial charge in [0.2, 0.25) is 0 Å². The van der Waals surface area contributed by atoms with Gasteiger partial charge >= 0.3 is 5.97 Å². The fraction of sp³-hybridized carbons (Fsp3) is 0.308. The van der Waals surface area contributed by atoms with Crippen LogP contribution in [0.15, 0.2) is 54.9 Å². The zero-order valence-corrected chi connectivity index (χ0v) is 18.8. The van der Waals surface area contributed by atoms with E-state index in [4.69, 9.17) is 14.6 Å². The van der Waals surface area contributed by atoms with Gasteiger partial charge in [-0.1, -0.05) is 39.0 Å². The smallest absolute Gasteiger partial charge is 0.303 e. The second-order valence-corrected chi connectivity index (χ2v) is 8.69. The third kappa shape index (κ3) is 5.84. The number of ether oxygens (including phenoxy) is 2. The lowest BCUT2D eigenvalue weighted by Crippen LogP contribution is -2.14. The van der Waals surface area contributed by atoms with Gasteiger partial charge in [-0.2, -0.15) is 0 Å². The van der Waals surface area contributed by atoms with Gasteiger partial charge in [-0.05, 0) is 58.4 Å². The van der Waals surface area contributed by atoms with Crippen LogP contribution in [0.2, 0.25) is 0 Å². The molecule has 0 aliphatic carbocycles. The number of hydrogen-bond acceptors (Lipinski definition) is 4. The second kappa shape index (κ2) is 9.81. The van der Waals surface area contributed by atoms with Crippen LogP contribution in [0.25, 0.3) is 11.1 Å². The molecular weight excluding hydrogens is 409 g/mol. The maximum absolute atomic E-state index is 14.7. The molecule has 3 aromatic rings. The summed E-state index contributed by atoms with van der Waals surface area (Å²) in [5, 5.41) is 8.86. The maximum Gasteiger partial charge on any atom is 0.303 e. The first-order chi connectivity index (χ1) is 15.2. The molecule has 32 heavy (non-hydrogen) atoms. The highest BCUT2D eigenvalue weighted by molar-refractivity contribution is 5.71. The molecule has 1 aromatic heterocycles. The van der Waals surface area contributed by atoms with Crippen molar-refractivity contribution in [3.05, 3.63) is 77.4 Å². The molecule has 0 unspecified atom stereocenters. The summed E-state index contributed by atoms with van der Waals surface area (Å²) in [6.07, 6.45) is 3.69. The van der Waals surface area contributed by atoms with Crippen molar-refractivity contribution in [2.45, 2.75) is 45.6 Å². The molecule has 0 bridgehead atoms. The molecule has 0 radical (unpaired) electrons. The van der Waals surface area contributed by atoms with E-state index < -0.39 is 5.97 Å². The zero-order valence-electron chi connectivity index (χ0n) is 18.8. The first-order valence-corrected chi connectivity index (χ1v) is 10.4. The minimum absolute atomic E-state index is 0.0440. The molecule has 168 valence electrons. The molecule has 0 spiro atoms. The molecular formula is C26H28FNO4. The summed E-state index contributed by atoms with van der Waals surface area (Å²) in [5.41, 5.74) is 3.84. The van der Waals surface area contributed by atoms with Crippen molar-refractivity contribution >= 4 is 5.97 Å². The lowest BCUT2D eigenvalue weighted by atomic mass is 9.81. The third-order valence-electron chi connectivity index (χ3n) is 5.16. The van der Waals surface area contributed by atoms with Crippen molar-refractivity contribution in [1.82, 2.24) is 4.98 Å². The molecule has 0 aliphatic rings. The van der Waals surface area contributed by atoms with E-state index in [1.807, 2.05) is 18.2 Å². The molecule has 1 N–H and O–H groups in total. The van der Waals surface area contributed by atoms with Crippen molar-refractivity contribution in [3.63, 3.8) is 0 Å². The number of carbonyl (C=O) groups is 1. The van der Waals surface area contributed by atoms with Crippen molar-refractivity contribution in [2.24, 2.45) is 0 Å². The quantitative estimate of drug-likeness (QED) is 0.483. The van der Waals surface area contributed by atoms with Gasteiger partial charge in [-0.15, -0.1) is 0 Å². The number of nitrogens with zero attached hydrogens (tertiary/aromatic N) is 1. The largest absolute Gasteiger partial charge is 0.497 e. The highest BCUT2D eigenvalue weighted by Gasteiger charge is 2.21. The van der Waals surface area contributed by atoms with Crippen molar-refractivity contribution in [3.8, 4) is 22.6 Å². The SMILES string of the molecule is COc1ccc(F)c(-c2ccc(COc3cncc(CCC(=O)O)c3)cc2C(C)(C)C)c1. The van der Waals surface area contributed by atoms with Crippen LogP contribution in [0.1, 0.15) is 43.9 Å². The zero-order chi connectivity index (χ0) is 23.3. The Morgan fingerprint density at radius 2 is 1.78 bits per heavy atom. The summed E-state index contributed by atoms with van der Waals surface area (Å²) in [6, 6.07) is 12.4. The van der Waals surface area contributed by atoms with Gasteiger partial charge in [-0.25, -0.2) is 4.39 Å². The Morgan fingerprint density at radius 1 is 1.00 bits per heavy atom. The van der Waals surface area contributed by atoms with Gasteiger partial charge in [-0.3, -0.25) is 9.78 Å². The number of halogens is 1. The Morgan fingerprint density at radius 3 is 2.47 bits per heavy atom. The van der Waals surface area contributed by atoms with Crippen molar-refractivity contribution < 1.29 is 23.8 Å². The fourth-order valence-electron chi connectivity index (χ4n) is 3.47. The number of methoxy groups -OCH3 is 1. The number of hydrogen-bond donors (Lipinski definition) is 1. The van der Waals surface area contributed by atoms with E-state index in [0.29, 0.717) is 30.1 Å². The van der Waals surface area contributed by atoms with E-state index in [-0.39, 0.29) is 17.7 Å². The van der Waals surface area contributed by atoms with E-state index in [2.05, 4.69) is 25.8 Å². The maximum atomic E-state index is 14.7. The van der Waals surface area contributed by atoms with Crippen LogP contribution in [0.4, 0.5) is 4.39 Å². The van der Waals surface area contributed by atoms with Crippen LogP contribution in [0, 0.1) is 5.82 Å². The lowest BCUT2D eigenvalue weighted by molar-refractivity contribution is -0.136. The molecule has 3 rings (SSSR count). The van der Waals surface area contributed by atoms with Crippen LogP contribution in [-0.2, 0) is 23.2 Å². The molecule has 0 saturated carbocycles. The summed E-state index contributed by atoms with van der Waals surface area (Å²) in [4.78, 5) is 14.9. The van der Waals surface area contributed by atoms with Gasteiger partial charge in [0.1, 0.15) is 23.9 Å². The Kier molecular flexibility index (Phi) is 7.13. The number of aryl methyl sites for hydroxylation is 1. The fourth-order valence-corrected chi connectivity index (χ4v) is 3.47. The van der Waals surface area contributed by atoms with Gasteiger partial charge in [0.15, 0.2) is 0 Å². The molecule has 0 amide bonds. The van der Waals surface area contributed by atoms with Crippen LogP contribution >= 0.6 is 0 Å². The Labute approximate surface area is 187 Å². The summed E-state index contributed by atoms with van der Waals surface area (Å²) in [6.45, 7) is 6.58. The lowest BCUT2D eigenvalue weighted by Gasteiger charge is -2.24. The van der Waals surface area contributed by atoms with Gasteiger partial charge < -0.3 is 14.6 Å². The van der Waals surface area contributed by atoms with Crippen LogP contribution in [-0.4, -0.2) is 23.2 Å². The predicted molar refractivity (Wildman–Crippen MR) is 122 cm³/mol. The first kappa shape index (κ1) is 23.3. The average Bonchev–Trinajstić information content (AvgIpc) is 2.76. The molecule has 0 atom stereocenters.